The Labute approximate surface area is 118 Å². The summed E-state index contributed by atoms with van der Waals surface area (Å²) in [6.45, 7) is 1.32. The molecule has 1 aliphatic heterocycles. The van der Waals surface area contributed by atoms with Crippen LogP contribution in [0.25, 0.3) is 0 Å². The highest BCUT2D eigenvalue weighted by molar-refractivity contribution is 7.86. The van der Waals surface area contributed by atoms with Crippen molar-refractivity contribution in [2.75, 3.05) is 46.0 Å². The third-order valence-electron chi connectivity index (χ3n) is 3.25. The van der Waals surface area contributed by atoms with Crippen LogP contribution in [-0.2, 0) is 10.2 Å². The molecule has 9 heteroatoms. The number of aromatic nitrogens is 1. The summed E-state index contributed by atoms with van der Waals surface area (Å²) in [6.07, 6.45) is 1.56. The number of nitrogens with one attached hydrogen (secondary N) is 1. The number of hydrogen-bond donors (Lipinski definition) is 2. The van der Waals surface area contributed by atoms with Crippen molar-refractivity contribution in [3.05, 3.63) is 18.0 Å². The van der Waals surface area contributed by atoms with Crippen LogP contribution in [0.5, 0.6) is 0 Å². The number of rotatable bonds is 3. The lowest BCUT2D eigenvalue weighted by Crippen LogP contribution is -2.53. The molecule has 0 aliphatic carbocycles. The van der Waals surface area contributed by atoms with E-state index in [1.807, 2.05) is 0 Å². The van der Waals surface area contributed by atoms with Gasteiger partial charge in [-0.2, -0.15) is 17.0 Å². The van der Waals surface area contributed by atoms with Crippen molar-refractivity contribution in [1.82, 2.24) is 18.5 Å². The molecule has 1 fully saturated rings. The topological polar surface area (TPSA) is 103 Å². The van der Waals surface area contributed by atoms with Crippen molar-refractivity contribution >= 4 is 21.8 Å². The highest BCUT2D eigenvalue weighted by atomic mass is 32.2. The van der Waals surface area contributed by atoms with Crippen molar-refractivity contribution in [3.8, 4) is 0 Å². The van der Waals surface area contributed by atoms with Crippen molar-refractivity contribution in [1.29, 1.82) is 0 Å². The van der Waals surface area contributed by atoms with Gasteiger partial charge in [0.25, 0.3) is 16.1 Å². The summed E-state index contributed by atoms with van der Waals surface area (Å²) >= 11 is 0. The van der Waals surface area contributed by atoms with Crippen LogP contribution in [0.3, 0.4) is 0 Å². The number of carbonyl (C=O) groups excluding carboxylic acids is 1. The standard InChI is InChI=1S/C11H19N5O3S/c1-14(2)20(18,19)16-5-3-15(4-6-16)11(17)10-7-9(12)8-13-10/h7-8,13H,3-6,12H2,1-2H3. The van der Waals surface area contributed by atoms with Crippen LogP contribution in [-0.4, -0.2) is 73.1 Å². The summed E-state index contributed by atoms with van der Waals surface area (Å²) in [5.74, 6) is -0.163. The Morgan fingerprint density at radius 3 is 2.35 bits per heavy atom. The number of nitrogens with zero attached hydrogens (tertiary/aromatic N) is 3. The van der Waals surface area contributed by atoms with Crippen LogP contribution in [0, 0.1) is 0 Å². The van der Waals surface area contributed by atoms with Gasteiger partial charge in [0, 0.05) is 52.2 Å². The smallest absolute Gasteiger partial charge is 0.281 e. The highest BCUT2D eigenvalue weighted by Crippen LogP contribution is 2.13. The molecule has 1 saturated heterocycles. The molecule has 1 amide bonds. The molecule has 0 bridgehead atoms. The summed E-state index contributed by atoms with van der Waals surface area (Å²) in [4.78, 5) is 16.6. The molecule has 112 valence electrons. The van der Waals surface area contributed by atoms with Crippen molar-refractivity contribution < 1.29 is 13.2 Å². The van der Waals surface area contributed by atoms with Gasteiger partial charge in [0.05, 0.1) is 0 Å². The number of carbonyl (C=O) groups is 1. The van der Waals surface area contributed by atoms with Crippen LogP contribution in [0.1, 0.15) is 10.5 Å². The molecule has 0 aromatic carbocycles. The molecule has 1 aromatic rings. The second-order valence-corrected chi connectivity index (χ2v) is 6.97. The average molecular weight is 301 g/mol. The molecule has 3 N–H and O–H groups in total. The fraction of sp³-hybridized carbons (Fsp3) is 0.545. The van der Waals surface area contributed by atoms with Gasteiger partial charge in [0.2, 0.25) is 0 Å². The maximum atomic E-state index is 12.2. The van der Waals surface area contributed by atoms with E-state index in [2.05, 4.69) is 4.98 Å². The van der Waals surface area contributed by atoms with E-state index in [4.69, 9.17) is 5.73 Å². The molecule has 20 heavy (non-hydrogen) atoms. The summed E-state index contributed by atoms with van der Waals surface area (Å²) in [7, 11) is -0.419. The zero-order chi connectivity index (χ0) is 14.9. The predicted octanol–water partition coefficient (Wildman–Crippen LogP) is -0.839. The molecular weight excluding hydrogens is 282 g/mol. The summed E-state index contributed by atoms with van der Waals surface area (Å²) in [5.41, 5.74) is 6.49. The van der Waals surface area contributed by atoms with Gasteiger partial charge in [-0.3, -0.25) is 4.79 Å². The zero-order valence-corrected chi connectivity index (χ0v) is 12.4. The minimum absolute atomic E-state index is 0.163. The predicted molar refractivity (Wildman–Crippen MR) is 75.3 cm³/mol. The van der Waals surface area contributed by atoms with E-state index in [1.54, 1.807) is 17.2 Å². The number of nitrogens with two attached hydrogens (primary N) is 1. The maximum absolute atomic E-state index is 12.2. The Kier molecular flexibility index (Phi) is 4.02. The average Bonchev–Trinajstić information content (AvgIpc) is 2.84. The van der Waals surface area contributed by atoms with Gasteiger partial charge >= 0.3 is 0 Å². The third-order valence-corrected chi connectivity index (χ3v) is 5.19. The Morgan fingerprint density at radius 1 is 1.30 bits per heavy atom. The lowest BCUT2D eigenvalue weighted by Gasteiger charge is -2.34. The van der Waals surface area contributed by atoms with Gasteiger partial charge in [-0.05, 0) is 6.07 Å². The Balaban J connectivity index is 2.00. The van der Waals surface area contributed by atoms with Crippen molar-refractivity contribution in [3.63, 3.8) is 0 Å². The molecule has 8 nitrogen and oxygen atoms in total. The highest BCUT2D eigenvalue weighted by Gasteiger charge is 2.30. The van der Waals surface area contributed by atoms with Crippen LogP contribution in [0.15, 0.2) is 12.3 Å². The van der Waals surface area contributed by atoms with Gasteiger partial charge in [0.15, 0.2) is 0 Å². The molecule has 1 aliphatic rings. The quantitative estimate of drug-likeness (QED) is 0.760. The minimum atomic E-state index is -3.41. The third kappa shape index (κ3) is 2.79. The molecule has 0 radical (unpaired) electrons. The van der Waals surface area contributed by atoms with E-state index in [0.717, 1.165) is 0 Å². The fourth-order valence-corrected chi connectivity index (χ4v) is 3.14. The molecule has 1 aromatic heterocycles. The normalized spacial score (nSPS) is 17.6. The Morgan fingerprint density at radius 2 is 1.90 bits per heavy atom. The zero-order valence-electron chi connectivity index (χ0n) is 11.5. The largest absolute Gasteiger partial charge is 0.397 e. The van der Waals surface area contributed by atoms with Crippen molar-refractivity contribution in [2.24, 2.45) is 0 Å². The lowest BCUT2D eigenvalue weighted by atomic mass is 10.3. The lowest BCUT2D eigenvalue weighted by molar-refractivity contribution is 0.0690. The van der Waals surface area contributed by atoms with Gasteiger partial charge in [-0.1, -0.05) is 0 Å². The number of H-pyrrole nitrogens is 1. The van der Waals surface area contributed by atoms with E-state index in [1.165, 1.54) is 22.7 Å². The molecule has 2 rings (SSSR count). The first kappa shape index (κ1) is 14.8. The molecule has 2 heterocycles. The van der Waals surface area contributed by atoms with Gasteiger partial charge in [-0.15, -0.1) is 0 Å². The van der Waals surface area contributed by atoms with Crippen LogP contribution < -0.4 is 5.73 Å². The van der Waals surface area contributed by atoms with E-state index < -0.39 is 10.2 Å². The molecule has 0 unspecified atom stereocenters. The van der Waals surface area contributed by atoms with E-state index >= 15 is 0 Å². The first-order chi connectivity index (χ1) is 9.32. The summed E-state index contributed by atoms with van der Waals surface area (Å²) in [5, 5.41) is 0. The van der Waals surface area contributed by atoms with Crippen LogP contribution >= 0.6 is 0 Å². The number of aromatic amines is 1. The van der Waals surface area contributed by atoms with Gasteiger partial charge in [-0.25, -0.2) is 0 Å². The van der Waals surface area contributed by atoms with Crippen molar-refractivity contribution in [2.45, 2.75) is 0 Å². The van der Waals surface area contributed by atoms with Gasteiger partial charge in [0.1, 0.15) is 5.69 Å². The number of amides is 1. The first-order valence-corrected chi connectivity index (χ1v) is 7.63. The number of hydrogen-bond acceptors (Lipinski definition) is 4. The SMILES string of the molecule is CN(C)S(=O)(=O)N1CCN(C(=O)c2cc(N)c[nH]2)CC1. The van der Waals surface area contributed by atoms with Gasteiger partial charge < -0.3 is 15.6 Å². The summed E-state index contributed by atoms with van der Waals surface area (Å²) in [6, 6.07) is 1.57. The van der Waals surface area contributed by atoms with E-state index in [0.29, 0.717) is 37.6 Å². The summed E-state index contributed by atoms with van der Waals surface area (Å²) < 4.78 is 26.5. The van der Waals surface area contributed by atoms with Crippen LogP contribution in [0.4, 0.5) is 5.69 Å². The fourth-order valence-electron chi connectivity index (χ4n) is 2.06. The van der Waals surface area contributed by atoms with E-state index in [-0.39, 0.29) is 5.91 Å². The molecule has 0 spiro atoms. The second-order valence-electron chi connectivity index (χ2n) is 4.83. The first-order valence-electron chi connectivity index (χ1n) is 6.23. The Hall–Kier alpha value is -1.58. The molecule has 0 saturated carbocycles. The second kappa shape index (κ2) is 5.43. The number of piperazine rings is 1. The van der Waals surface area contributed by atoms with Crippen LogP contribution in [0.2, 0.25) is 0 Å². The molecule has 0 atom stereocenters. The number of nitrogen functional groups attached to an aromatic ring is 1. The monoisotopic (exact) mass is 301 g/mol. The van der Waals surface area contributed by atoms with E-state index in [9.17, 15) is 13.2 Å². The Bertz CT molecular complexity index is 587. The number of anilines is 1. The minimum Gasteiger partial charge on any atom is -0.397 e. The molecular formula is C11H19N5O3S. The maximum Gasteiger partial charge on any atom is 0.281 e.